The van der Waals surface area contributed by atoms with Crippen molar-refractivity contribution in [1.82, 2.24) is 0 Å². The number of hydrogen-bond donors (Lipinski definition) is 0. The smallest absolute Gasteiger partial charge is 0.152 e. The van der Waals surface area contributed by atoms with E-state index in [9.17, 15) is 4.79 Å². The van der Waals surface area contributed by atoms with Crippen LogP contribution in [0.1, 0.15) is 26.2 Å². The molecule has 1 aliphatic heterocycles. The first-order valence-electron chi connectivity index (χ1n) is 4.14. The van der Waals surface area contributed by atoms with Crippen molar-refractivity contribution < 1.29 is 9.53 Å². The molecule has 0 aromatic carbocycles. The van der Waals surface area contributed by atoms with Gasteiger partial charge in [0.25, 0.3) is 0 Å². The quantitative estimate of drug-likeness (QED) is 0.420. The molecule has 1 aliphatic carbocycles. The van der Waals surface area contributed by atoms with Gasteiger partial charge in [0.15, 0.2) is 5.78 Å². The Balaban J connectivity index is 2.08. The van der Waals surface area contributed by atoms with Crippen molar-refractivity contribution >= 4 is 5.78 Å². The summed E-state index contributed by atoms with van der Waals surface area (Å²) in [5, 5.41) is 0. The Morgan fingerprint density at radius 1 is 1.73 bits per heavy atom. The van der Waals surface area contributed by atoms with Crippen LogP contribution < -0.4 is 0 Å². The van der Waals surface area contributed by atoms with Gasteiger partial charge >= 0.3 is 0 Å². The van der Waals surface area contributed by atoms with Crippen molar-refractivity contribution in [3.05, 3.63) is 11.6 Å². The van der Waals surface area contributed by atoms with Gasteiger partial charge < -0.3 is 4.74 Å². The fraction of sp³-hybridized carbons (Fsp3) is 0.667. The van der Waals surface area contributed by atoms with Crippen LogP contribution in [0.5, 0.6) is 0 Å². The van der Waals surface area contributed by atoms with Crippen LogP contribution in [0.15, 0.2) is 11.6 Å². The highest BCUT2D eigenvalue weighted by Gasteiger charge is 2.43. The second-order valence-corrected chi connectivity index (χ2v) is 3.32. The van der Waals surface area contributed by atoms with Crippen molar-refractivity contribution in [3.63, 3.8) is 0 Å². The lowest BCUT2D eigenvalue weighted by Crippen LogP contribution is -2.06. The molecule has 0 spiro atoms. The van der Waals surface area contributed by atoms with Gasteiger partial charge in [0, 0.05) is 0 Å². The maximum atomic E-state index is 10.7. The highest BCUT2D eigenvalue weighted by Crippen LogP contribution is 2.39. The van der Waals surface area contributed by atoms with Crippen LogP contribution in [0.25, 0.3) is 0 Å². The van der Waals surface area contributed by atoms with E-state index in [4.69, 9.17) is 4.74 Å². The Morgan fingerprint density at radius 2 is 2.55 bits per heavy atom. The minimum absolute atomic E-state index is 0.149. The summed E-state index contributed by atoms with van der Waals surface area (Å²) < 4.78 is 5.37. The molecule has 60 valence electrons. The highest BCUT2D eigenvalue weighted by molar-refractivity contribution is 5.88. The lowest BCUT2D eigenvalue weighted by Gasteiger charge is -2.07. The summed E-state index contributed by atoms with van der Waals surface area (Å²) in [6.45, 7) is 1.60. The number of ketones is 1. The molecule has 1 saturated carbocycles. The summed E-state index contributed by atoms with van der Waals surface area (Å²) in [7, 11) is 0. The highest BCUT2D eigenvalue weighted by atomic mass is 16.6. The van der Waals surface area contributed by atoms with Gasteiger partial charge in [-0.15, -0.1) is 0 Å². The molecular weight excluding hydrogens is 140 g/mol. The zero-order valence-corrected chi connectivity index (χ0v) is 6.67. The Labute approximate surface area is 66.2 Å². The number of hydrogen-bond acceptors (Lipinski definition) is 2. The van der Waals surface area contributed by atoms with Gasteiger partial charge in [-0.1, -0.05) is 0 Å². The van der Waals surface area contributed by atoms with Crippen LogP contribution in [0, 0.1) is 0 Å². The standard InChI is InChI=1S/C9H12O2/c1-6(10)5-7-3-2-4-8-9(7)11-8/h5,8-9H,2-4H2,1H3/b7-5-. The molecule has 0 radical (unpaired) electrons. The molecular formula is C9H12O2. The minimum Gasteiger partial charge on any atom is -0.365 e. The number of rotatable bonds is 1. The van der Waals surface area contributed by atoms with Gasteiger partial charge in [-0.05, 0) is 37.8 Å². The fourth-order valence-electron chi connectivity index (χ4n) is 1.75. The lowest BCUT2D eigenvalue weighted by molar-refractivity contribution is -0.112. The predicted octanol–water partition coefficient (Wildman–Crippen LogP) is 1.45. The monoisotopic (exact) mass is 152 g/mol. The van der Waals surface area contributed by atoms with E-state index in [1.165, 1.54) is 18.4 Å². The van der Waals surface area contributed by atoms with Crippen LogP contribution in [-0.2, 0) is 9.53 Å². The number of allylic oxidation sites excluding steroid dienone is 1. The van der Waals surface area contributed by atoms with Gasteiger partial charge in [0.1, 0.15) is 6.10 Å². The molecule has 0 amide bonds. The van der Waals surface area contributed by atoms with Crippen molar-refractivity contribution in [3.8, 4) is 0 Å². The third kappa shape index (κ3) is 1.36. The van der Waals surface area contributed by atoms with Gasteiger partial charge in [0.2, 0.25) is 0 Å². The summed E-state index contributed by atoms with van der Waals surface area (Å²) in [5.41, 5.74) is 1.22. The Morgan fingerprint density at radius 3 is 3.27 bits per heavy atom. The van der Waals surface area contributed by atoms with E-state index >= 15 is 0 Å². The zero-order valence-electron chi connectivity index (χ0n) is 6.67. The molecule has 0 N–H and O–H groups in total. The topological polar surface area (TPSA) is 29.6 Å². The van der Waals surface area contributed by atoms with Gasteiger partial charge in [-0.2, -0.15) is 0 Å². The molecule has 11 heavy (non-hydrogen) atoms. The Bertz CT molecular complexity index is 218. The van der Waals surface area contributed by atoms with Gasteiger partial charge in [-0.25, -0.2) is 0 Å². The summed E-state index contributed by atoms with van der Waals surface area (Å²) >= 11 is 0. The summed E-state index contributed by atoms with van der Waals surface area (Å²) in [4.78, 5) is 10.7. The normalized spacial score (nSPS) is 38.5. The van der Waals surface area contributed by atoms with E-state index in [1.54, 1.807) is 13.0 Å². The number of carbonyl (C=O) groups is 1. The molecule has 0 bridgehead atoms. The maximum Gasteiger partial charge on any atom is 0.152 e. The van der Waals surface area contributed by atoms with Crippen LogP contribution in [0.2, 0.25) is 0 Å². The molecule has 2 atom stereocenters. The number of fused-ring (bicyclic) bond motifs is 1. The molecule has 0 aromatic rings. The van der Waals surface area contributed by atoms with Crippen LogP contribution in [0.3, 0.4) is 0 Å². The number of ether oxygens (including phenoxy) is 1. The average Bonchev–Trinajstić information content (AvgIpc) is 2.65. The fourth-order valence-corrected chi connectivity index (χ4v) is 1.75. The first-order chi connectivity index (χ1) is 5.27. The second kappa shape index (κ2) is 2.45. The van der Waals surface area contributed by atoms with Crippen molar-refractivity contribution in [2.45, 2.75) is 38.4 Å². The molecule has 2 rings (SSSR count). The third-order valence-corrected chi connectivity index (χ3v) is 2.29. The van der Waals surface area contributed by atoms with E-state index in [0.29, 0.717) is 12.2 Å². The molecule has 2 heteroatoms. The number of carbonyl (C=O) groups excluding carboxylic acids is 1. The summed E-state index contributed by atoms with van der Waals surface area (Å²) in [6, 6.07) is 0. The molecule has 2 nitrogen and oxygen atoms in total. The molecule has 2 fully saturated rings. The molecule has 1 heterocycles. The Hall–Kier alpha value is -0.630. The van der Waals surface area contributed by atoms with Crippen molar-refractivity contribution in [2.24, 2.45) is 0 Å². The molecule has 1 saturated heterocycles. The van der Waals surface area contributed by atoms with Crippen molar-refractivity contribution in [1.29, 1.82) is 0 Å². The predicted molar refractivity (Wildman–Crippen MR) is 41.3 cm³/mol. The number of epoxide rings is 1. The second-order valence-electron chi connectivity index (χ2n) is 3.32. The van der Waals surface area contributed by atoms with Gasteiger partial charge in [-0.3, -0.25) is 4.79 Å². The van der Waals surface area contributed by atoms with E-state index in [0.717, 1.165) is 6.42 Å². The SMILES string of the molecule is CC(=O)/C=C1/CCCC2OC12. The summed E-state index contributed by atoms with van der Waals surface area (Å²) in [5.74, 6) is 0.149. The first kappa shape index (κ1) is 7.04. The lowest BCUT2D eigenvalue weighted by atomic mass is 9.94. The van der Waals surface area contributed by atoms with Crippen LogP contribution in [-0.4, -0.2) is 18.0 Å². The third-order valence-electron chi connectivity index (χ3n) is 2.29. The first-order valence-corrected chi connectivity index (χ1v) is 4.14. The average molecular weight is 152 g/mol. The maximum absolute atomic E-state index is 10.7. The molecule has 2 aliphatic rings. The van der Waals surface area contributed by atoms with Crippen LogP contribution in [0.4, 0.5) is 0 Å². The minimum atomic E-state index is 0.149. The van der Waals surface area contributed by atoms with Crippen molar-refractivity contribution in [2.75, 3.05) is 0 Å². The largest absolute Gasteiger partial charge is 0.365 e. The summed E-state index contributed by atoms with van der Waals surface area (Å²) in [6.07, 6.45) is 5.92. The van der Waals surface area contributed by atoms with E-state index in [-0.39, 0.29) is 5.78 Å². The van der Waals surface area contributed by atoms with E-state index in [2.05, 4.69) is 0 Å². The molecule has 2 unspecified atom stereocenters. The van der Waals surface area contributed by atoms with E-state index in [1.807, 2.05) is 0 Å². The molecule has 0 aromatic heterocycles. The zero-order chi connectivity index (χ0) is 7.84. The Kier molecular flexibility index (Phi) is 1.57. The van der Waals surface area contributed by atoms with E-state index < -0.39 is 0 Å². The van der Waals surface area contributed by atoms with Crippen LogP contribution >= 0.6 is 0 Å². The van der Waals surface area contributed by atoms with Gasteiger partial charge in [0.05, 0.1) is 6.10 Å².